The zero-order valence-electron chi connectivity index (χ0n) is 7.27. The lowest BCUT2D eigenvalue weighted by atomic mass is 10.1. The second-order valence-corrected chi connectivity index (χ2v) is 4.89. The predicted octanol–water partition coefficient (Wildman–Crippen LogP) is 3.74. The first-order chi connectivity index (χ1) is 6.84. The van der Waals surface area contributed by atoms with E-state index in [0.717, 1.165) is 9.86 Å². The summed E-state index contributed by atoms with van der Waals surface area (Å²) in [5.74, 6) is 0. The van der Waals surface area contributed by atoms with E-state index in [1.165, 1.54) is 15.5 Å². The number of thiol groups is 1. The van der Waals surface area contributed by atoms with E-state index in [1.54, 1.807) is 11.3 Å². The van der Waals surface area contributed by atoms with Crippen molar-refractivity contribution in [2.45, 2.75) is 4.34 Å². The van der Waals surface area contributed by atoms with Crippen LogP contribution in [0.15, 0.2) is 40.7 Å². The van der Waals surface area contributed by atoms with Gasteiger partial charge in [0.25, 0.3) is 0 Å². The smallest absolute Gasteiger partial charge is 0.148 e. The SMILES string of the molecule is Sc1nc2c(ccc3ccccc32)s1. The molecule has 0 atom stereocenters. The normalized spacial score (nSPS) is 11.2. The summed E-state index contributed by atoms with van der Waals surface area (Å²) >= 11 is 5.90. The Morgan fingerprint density at radius 3 is 2.86 bits per heavy atom. The van der Waals surface area contributed by atoms with Crippen molar-refractivity contribution in [3.63, 3.8) is 0 Å². The van der Waals surface area contributed by atoms with Crippen LogP contribution < -0.4 is 0 Å². The van der Waals surface area contributed by atoms with Crippen LogP contribution in [0, 0.1) is 0 Å². The molecular weight excluding hydrogens is 210 g/mol. The van der Waals surface area contributed by atoms with Crippen molar-refractivity contribution in [1.29, 1.82) is 0 Å². The van der Waals surface area contributed by atoms with E-state index in [9.17, 15) is 0 Å². The predicted molar refractivity (Wildman–Crippen MR) is 64.4 cm³/mol. The molecule has 0 bridgehead atoms. The van der Waals surface area contributed by atoms with E-state index in [0.29, 0.717) is 0 Å². The zero-order valence-corrected chi connectivity index (χ0v) is 8.98. The van der Waals surface area contributed by atoms with Crippen LogP contribution in [-0.2, 0) is 0 Å². The van der Waals surface area contributed by atoms with E-state index in [4.69, 9.17) is 0 Å². The molecule has 2 aromatic carbocycles. The molecule has 0 spiro atoms. The highest BCUT2D eigenvalue weighted by atomic mass is 32.2. The quantitative estimate of drug-likeness (QED) is 0.566. The number of benzene rings is 2. The van der Waals surface area contributed by atoms with Crippen molar-refractivity contribution >= 4 is 45.0 Å². The summed E-state index contributed by atoms with van der Waals surface area (Å²) in [4.78, 5) is 4.42. The first-order valence-electron chi connectivity index (χ1n) is 4.32. The molecule has 3 aromatic rings. The van der Waals surface area contributed by atoms with Crippen molar-refractivity contribution in [3.05, 3.63) is 36.4 Å². The van der Waals surface area contributed by atoms with Crippen LogP contribution in [0.3, 0.4) is 0 Å². The summed E-state index contributed by atoms with van der Waals surface area (Å²) in [6.07, 6.45) is 0. The van der Waals surface area contributed by atoms with Gasteiger partial charge >= 0.3 is 0 Å². The van der Waals surface area contributed by atoms with Crippen molar-refractivity contribution in [3.8, 4) is 0 Å². The Hall–Kier alpha value is -1.06. The van der Waals surface area contributed by atoms with Gasteiger partial charge in [0.2, 0.25) is 0 Å². The van der Waals surface area contributed by atoms with Crippen LogP contribution in [0.1, 0.15) is 0 Å². The van der Waals surface area contributed by atoms with Gasteiger partial charge in [0.05, 0.1) is 10.2 Å². The third kappa shape index (κ3) is 1.13. The Morgan fingerprint density at radius 2 is 1.93 bits per heavy atom. The highest BCUT2D eigenvalue weighted by Crippen LogP contribution is 2.30. The van der Waals surface area contributed by atoms with Crippen LogP contribution in [0.4, 0.5) is 0 Å². The Kier molecular flexibility index (Phi) is 1.75. The zero-order chi connectivity index (χ0) is 9.54. The van der Waals surface area contributed by atoms with Crippen LogP contribution >= 0.6 is 24.0 Å². The number of aromatic nitrogens is 1. The molecule has 0 saturated carbocycles. The van der Waals surface area contributed by atoms with Gasteiger partial charge in [0, 0.05) is 5.39 Å². The fraction of sp³-hybridized carbons (Fsp3) is 0. The van der Waals surface area contributed by atoms with E-state index in [1.807, 2.05) is 12.1 Å². The third-order valence-corrected chi connectivity index (χ3v) is 3.47. The number of fused-ring (bicyclic) bond motifs is 3. The highest BCUT2D eigenvalue weighted by Gasteiger charge is 2.04. The molecule has 0 unspecified atom stereocenters. The maximum absolute atomic E-state index is 4.42. The van der Waals surface area contributed by atoms with Gasteiger partial charge in [0.1, 0.15) is 4.34 Å². The van der Waals surface area contributed by atoms with Gasteiger partial charge in [-0.3, -0.25) is 0 Å². The lowest BCUT2D eigenvalue weighted by molar-refractivity contribution is 1.32. The summed E-state index contributed by atoms with van der Waals surface area (Å²) in [7, 11) is 0. The number of hydrogen-bond donors (Lipinski definition) is 1. The average molecular weight is 217 g/mol. The van der Waals surface area contributed by atoms with Gasteiger partial charge in [-0.2, -0.15) is 0 Å². The van der Waals surface area contributed by atoms with E-state index >= 15 is 0 Å². The number of nitrogens with zero attached hydrogens (tertiary/aromatic N) is 1. The Labute approximate surface area is 90.8 Å². The lowest BCUT2D eigenvalue weighted by Crippen LogP contribution is -1.73. The number of hydrogen-bond acceptors (Lipinski definition) is 3. The molecule has 68 valence electrons. The molecule has 0 aliphatic heterocycles. The molecule has 0 aliphatic carbocycles. The summed E-state index contributed by atoms with van der Waals surface area (Å²) in [6.45, 7) is 0. The standard InChI is InChI=1S/C11H7NS2/c13-11-12-10-8-4-2-1-3-7(8)5-6-9(10)14-11/h1-6H,(H,12,13). The fourth-order valence-electron chi connectivity index (χ4n) is 1.65. The molecule has 0 aliphatic rings. The molecule has 14 heavy (non-hydrogen) atoms. The van der Waals surface area contributed by atoms with E-state index < -0.39 is 0 Å². The summed E-state index contributed by atoms with van der Waals surface area (Å²) in [5, 5.41) is 2.44. The maximum Gasteiger partial charge on any atom is 0.148 e. The largest absolute Gasteiger partial charge is 0.229 e. The van der Waals surface area contributed by atoms with Crippen molar-refractivity contribution in [2.75, 3.05) is 0 Å². The second kappa shape index (κ2) is 2.97. The molecule has 0 N–H and O–H groups in total. The average Bonchev–Trinajstić information content (AvgIpc) is 2.59. The Balaban J connectivity index is 2.60. The molecule has 0 saturated heterocycles. The van der Waals surface area contributed by atoms with Crippen molar-refractivity contribution in [1.82, 2.24) is 4.98 Å². The first kappa shape index (κ1) is 8.26. The molecule has 1 nitrogen and oxygen atoms in total. The van der Waals surface area contributed by atoms with E-state index in [-0.39, 0.29) is 0 Å². The molecule has 1 aromatic heterocycles. The molecule has 0 radical (unpaired) electrons. The van der Waals surface area contributed by atoms with Gasteiger partial charge in [-0.25, -0.2) is 4.98 Å². The van der Waals surface area contributed by atoms with Gasteiger partial charge < -0.3 is 0 Å². The summed E-state index contributed by atoms with van der Waals surface area (Å²) < 4.78 is 2.03. The molecule has 3 heteroatoms. The van der Waals surface area contributed by atoms with Crippen LogP contribution in [0.5, 0.6) is 0 Å². The minimum Gasteiger partial charge on any atom is -0.229 e. The van der Waals surface area contributed by atoms with Crippen LogP contribution in [-0.4, -0.2) is 4.98 Å². The monoisotopic (exact) mass is 217 g/mol. The van der Waals surface area contributed by atoms with Crippen molar-refractivity contribution in [2.24, 2.45) is 0 Å². The summed E-state index contributed by atoms with van der Waals surface area (Å²) in [5.41, 5.74) is 1.07. The van der Waals surface area contributed by atoms with Gasteiger partial charge in [-0.15, -0.1) is 24.0 Å². The number of thiazole rings is 1. The van der Waals surface area contributed by atoms with Crippen LogP contribution in [0.25, 0.3) is 21.0 Å². The molecule has 0 amide bonds. The van der Waals surface area contributed by atoms with Gasteiger partial charge in [0.15, 0.2) is 0 Å². The van der Waals surface area contributed by atoms with Crippen molar-refractivity contribution < 1.29 is 0 Å². The number of rotatable bonds is 0. The van der Waals surface area contributed by atoms with E-state index in [2.05, 4.69) is 41.9 Å². The van der Waals surface area contributed by atoms with Gasteiger partial charge in [-0.1, -0.05) is 30.3 Å². The maximum atomic E-state index is 4.42. The molecular formula is C11H7NS2. The lowest BCUT2D eigenvalue weighted by Gasteiger charge is -1.96. The second-order valence-electron chi connectivity index (χ2n) is 3.13. The Morgan fingerprint density at radius 1 is 1.07 bits per heavy atom. The van der Waals surface area contributed by atoms with Crippen LogP contribution in [0.2, 0.25) is 0 Å². The summed E-state index contributed by atoms with van der Waals surface area (Å²) in [6, 6.07) is 12.5. The van der Waals surface area contributed by atoms with Gasteiger partial charge in [-0.05, 0) is 11.5 Å². The minimum atomic E-state index is 0.830. The minimum absolute atomic E-state index is 0.830. The Bertz CT molecular complexity index is 613. The fourth-order valence-corrected chi connectivity index (χ4v) is 2.77. The molecule has 1 heterocycles. The third-order valence-electron chi connectivity index (χ3n) is 2.27. The molecule has 3 rings (SSSR count). The first-order valence-corrected chi connectivity index (χ1v) is 5.58. The molecule has 0 fully saturated rings. The topological polar surface area (TPSA) is 12.9 Å². The highest BCUT2D eigenvalue weighted by molar-refractivity contribution is 7.82.